The Kier molecular flexibility index (Phi) is 7.21. The van der Waals surface area contributed by atoms with Gasteiger partial charge in [-0.25, -0.2) is 13.4 Å². The highest BCUT2D eigenvalue weighted by atomic mass is 32.2. The second-order valence-electron chi connectivity index (χ2n) is 9.56. The van der Waals surface area contributed by atoms with Crippen LogP contribution in [0, 0.1) is 0 Å². The number of nitrogens with zero attached hydrogens (tertiary/aromatic N) is 1. The van der Waals surface area contributed by atoms with Gasteiger partial charge in [-0.3, -0.25) is 14.3 Å². The van der Waals surface area contributed by atoms with Crippen LogP contribution in [0.1, 0.15) is 38.3 Å². The topological polar surface area (TPSA) is 131 Å². The molecule has 1 aromatic heterocycles. The number of alkyl halides is 3. The van der Waals surface area contributed by atoms with Crippen molar-refractivity contribution < 1.29 is 41.2 Å². The van der Waals surface area contributed by atoms with E-state index in [1.165, 1.54) is 19.1 Å². The zero-order valence-electron chi connectivity index (χ0n) is 20.0. The highest BCUT2D eigenvalue weighted by molar-refractivity contribution is 7.90. The van der Waals surface area contributed by atoms with Gasteiger partial charge >= 0.3 is 6.18 Å². The third kappa shape index (κ3) is 6.04. The van der Waals surface area contributed by atoms with Crippen LogP contribution in [0.15, 0.2) is 43.0 Å². The van der Waals surface area contributed by atoms with Crippen LogP contribution >= 0.6 is 0 Å². The molecule has 200 valence electrons. The number of sulfonamides is 1. The summed E-state index contributed by atoms with van der Waals surface area (Å²) in [6.45, 7) is 5.29. The first-order chi connectivity index (χ1) is 17.3. The van der Waals surface area contributed by atoms with Crippen molar-refractivity contribution in [1.82, 2.24) is 15.0 Å². The van der Waals surface area contributed by atoms with Gasteiger partial charge < -0.3 is 15.4 Å². The molecular formula is C24H28F3N4O5S+. The molecule has 1 saturated carbocycles. The summed E-state index contributed by atoms with van der Waals surface area (Å²) in [4.78, 5) is 29.5. The van der Waals surface area contributed by atoms with Gasteiger partial charge in [0.2, 0.25) is 10.0 Å². The molecule has 0 unspecified atom stereocenters. The number of pyridine rings is 1. The number of carbonyl (C=O) groups is 2. The van der Waals surface area contributed by atoms with Crippen molar-refractivity contribution in [2.24, 2.45) is 0 Å². The Morgan fingerprint density at radius 3 is 2.62 bits per heavy atom. The molecule has 2 fully saturated rings. The third-order valence-corrected chi connectivity index (χ3v) is 8.27. The minimum atomic E-state index is -4.66. The first-order valence-electron chi connectivity index (χ1n) is 11.8. The maximum atomic E-state index is 13.4. The molecule has 1 aliphatic carbocycles. The summed E-state index contributed by atoms with van der Waals surface area (Å²) >= 11 is 0. The number of fused-ring (bicyclic) bond motifs is 1. The summed E-state index contributed by atoms with van der Waals surface area (Å²) in [5.41, 5.74) is -2.50. The number of rotatable bonds is 9. The maximum absolute atomic E-state index is 13.4. The second kappa shape index (κ2) is 9.93. The summed E-state index contributed by atoms with van der Waals surface area (Å²) in [5.74, 6) is -1.37. The number of benzene rings is 1. The Hall–Kier alpha value is -3.19. The largest absolute Gasteiger partial charge is 0.483 e. The Morgan fingerprint density at radius 1 is 1.27 bits per heavy atom. The van der Waals surface area contributed by atoms with Gasteiger partial charge in [0.15, 0.2) is 12.1 Å². The summed E-state index contributed by atoms with van der Waals surface area (Å²) in [5, 5.41) is 4.10. The average molecular weight is 542 g/mol. The van der Waals surface area contributed by atoms with E-state index < -0.39 is 56.6 Å². The van der Waals surface area contributed by atoms with Gasteiger partial charge in [0, 0.05) is 11.5 Å². The first-order valence-corrected chi connectivity index (χ1v) is 13.3. The number of hydrogen-bond donors (Lipinski definition) is 3. The summed E-state index contributed by atoms with van der Waals surface area (Å²) in [6, 6.07) is 6.46. The molecule has 2 aliphatic rings. The third-order valence-electron chi connectivity index (χ3n) is 6.45. The number of quaternary nitrogens is 1. The molecule has 1 aliphatic heterocycles. The molecule has 2 amide bonds. The number of carbonyl (C=O) groups excluding carboxylic acids is 2. The van der Waals surface area contributed by atoms with Gasteiger partial charge in [-0.1, -0.05) is 18.2 Å². The van der Waals surface area contributed by atoms with Crippen molar-refractivity contribution in [3.63, 3.8) is 0 Å². The van der Waals surface area contributed by atoms with E-state index in [0.29, 0.717) is 18.2 Å². The molecule has 2 aromatic rings. The van der Waals surface area contributed by atoms with Gasteiger partial charge in [0.25, 0.3) is 11.8 Å². The lowest BCUT2D eigenvalue weighted by Crippen LogP contribution is -2.90. The van der Waals surface area contributed by atoms with Gasteiger partial charge in [-0.15, -0.1) is 6.58 Å². The van der Waals surface area contributed by atoms with Crippen LogP contribution in [0.5, 0.6) is 5.75 Å². The normalized spacial score (nSPS) is 21.7. The van der Waals surface area contributed by atoms with Crippen LogP contribution in [0.4, 0.5) is 13.2 Å². The van der Waals surface area contributed by atoms with E-state index in [0.717, 1.165) is 6.07 Å². The van der Waals surface area contributed by atoms with Gasteiger partial charge in [-0.2, -0.15) is 13.2 Å². The number of halogens is 3. The lowest BCUT2D eigenvalue weighted by Gasteiger charge is -2.29. The fourth-order valence-corrected chi connectivity index (χ4v) is 5.63. The summed E-state index contributed by atoms with van der Waals surface area (Å²) in [7, 11) is -3.82. The quantitative estimate of drug-likeness (QED) is 0.412. The highest BCUT2D eigenvalue weighted by Gasteiger charge is 2.44. The fourth-order valence-electron chi connectivity index (χ4n) is 4.23. The number of ether oxygens (including phenoxy) is 1. The minimum absolute atomic E-state index is 0.0125. The number of nitrogens with two attached hydrogens (primary N) is 1. The SMILES string of the molecule is C=CC[C@@](C)(NC(=O)[C@@H]1C[C@@H](Oc2cc(C(F)(F)F)nc3ccccc23)C[NH2+]1)C(=O)NS(=O)(=O)C1CC1. The standard InChI is InChI=1S/C24H27F3N4O5S/c1-3-10-23(2,22(33)31-37(34,35)15-8-9-15)30-21(32)18-11-14(13-28-18)36-19-12-20(24(25,26)27)29-17-7-5-4-6-16(17)19/h3-7,12,14-15,18,28H,1,8-11,13H2,2H3,(H,30,32)(H,31,33)/p+1/t14-,18+,23-/m1/s1. The van der Waals surface area contributed by atoms with Crippen molar-refractivity contribution in [2.75, 3.05) is 6.54 Å². The molecule has 0 spiro atoms. The monoisotopic (exact) mass is 541 g/mol. The summed E-state index contributed by atoms with van der Waals surface area (Å²) in [6.07, 6.45) is -2.74. The Balaban J connectivity index is 1.45. The maximum Gasteiger partial charge on any atom is 0.433 e. The van der Waals surface area contributed by atoms with Crippen molar-refractivity contribution >= 4 is 32.7 Å². The van der Waals surface area contributed by atoms with E-state index >= 15 is 0 Å². The first kappa shape index (κ1) is 26.9. The van der Waals surface area contributed by atoms with Gasteiger partial charge in [0.05, 0.1) is 17.2 Å². The van der Waals surface area contributed by atoms with Crippen molar-refractivity contribution in [1.29, 1.82) is 0 Å². The number of aromatic nitrogens is 1. The predicted octanol–water partition coefficient (Wildman–Crippen LogP) is 1.40. The molecule has 1 aromatic carbocycles. The van der Waals surface area contributed by atoms with Crippen LogP contribution < -0.4 is 20.1 Å². The fraction of sp³-hybridized carbons (Fsp3) is 0.458. The van der Waals surface area contributed by atoms with Crippen molar-refractivity contribution in [3.8, 4) is 5.75 Å². The van der Waals surface area contributed by atoms with Gasteiger partial charge in [-0.05, 0) is 38.3 Å². The molecule has 13 heteroatoms. The molecule has 2 heterocycles. The number of nitrogens with one attached hydrogen (secondary N) is 2. The Labute approximate surface area is 211 Å². The number of amides is 2. The van der Waals surface area contributed by atoms with Crippen LogP contribution in [0.2, 0.25) is 0 Å². The zero-order valence-corrected chi connectivity index (χ0v) is 20.9. The Bertz CT molecular complexity index is 1330. The van der Waals surface area contributed by atoms with E-state index in [1.807, 2.05) is 0 Å². The molecule has 0 bridgehead atoms. The molecule has 0 radical (unpaired) electrons. The van der Waals surface area contributed by atoms with E-state index in [4.69, 9.17) is 4.74 Å². The molecule has 9 nitrogen and oxygen atoms in total. The zero-order chi connectivity index (χ0) is 27.0. The van der Waals surface area contributed by atoms with Crippen molar-refractivity contribution in [3.05, 3.63) is 48.7 Å². The van der Waals surface area contributed by atoms with Crippen LogP contribution in [0.3, 0.4) is 0 Å². The van der Waals surface area contributed by atoms with E-state index in [9.17, 15) is 31.2 Å². The minimum Gasteiger partial charge on any atom is -0.483 e. The highest BCUT2D eigenvalue weighted by Crippen LogP contribution is 2.35. The smallest absolute Gasteiger partial charge is 0.433 e. The van der Waals surface area contributed by atoms with Crippen LogP contribution in [0.25, 0.3) is 10.9 Å². The number of hydrogen-bond acceptors (Lipinski definition) is 6. The molecule has 1 saturated heterocycles. The average Bonchev–Trinajstić information content (AvgIpc) is 3.58. The van der Waals surface area contributed by atoms with Crippen LogP contribution in [-0.2, 0) is 25.8 Å². The van der Waals surface area contributed by atoms with E-state index in [-0.39, 0.29) is 30.7 Å². The predicted molar refractivity (Wildman–Crippen MR) is 128 cm³/mol. The van der Waals surface area contributed by atoms with Gasteiger partial charge in [0.1, 0.15) is 23.5 Å². The molecular weight excluding hydrogens is 513 g/mol. The van der Waals surface area contributed by atoms with E-state index in [1.54, 1.807) is 23.5 Å². The van der Waals surface area contributed by atoms with Crippen molar-refractivity contribution in [2.45, 2.75) is 61.7 Å². The van der Waals surface area contributed by atoms with E-state index in [2.05, 4.69) is 21.6 Å². The number of para-hydroxylation sites is 1. The molecule has 4 rings (SSSR count). The molecule has 4 N–H and O–H groups in total. The second-order valence-corrected chi connectivity index (χ2v) is 11.5. The lowest BCUT2D eigenvalue weighted by atomic mass is 9.96. The Morgan fingerprint density at radius 2 is 1.97 bits per heavy atom. The molecule has 3 atom stereocenters. The van der Waals surface area contributed by atoms with Crippen LogP contribution in [-0.4, -0.2) is 54.7 Å². The summed E-state index contributed by atoms with van der Waals surface area (Å²) < 4.78 is 72.5. The molecule has 37 heavy (non-hydrogen) atoms. The lowest BCUT2D eigenvalue weighted by molar-refractivity contribution is -0.659.